The maximum Gasteiger partial charge on any atom is 0.223 e. The van der Waals surface area contributed by atoms with Gasteiger partial charge in [-0.05, 0) is 44.7 Å². The van der Waals surface area contributed by atoms with Crippen molar-refractivity contribution in [1.29, 1.82) is 0 Å². The molecular formula is C16H30N2O2. The van der Waals surface area contributed by atoms with Crippen LogP contribution in [0.5, 0.6) is 0 Å². The molecule has 2 aliphatic rings. The molecule has 1 aliphatic heterocycles. The lowest BCUT2D eigenvalue weighted by Gasteiger charge is -2.31. The molecule has 0 aromatic carbocycles. The fourth-order valence-electron chi connectivity index (χ4n) is 3.33. The SMILES string of the molecule is CC1CCN(CC(O)CNC(=O)C2CCCCC2)CC1. The van der Waals surface area contributed by atoms with Crippen molar-refractivity contribution in [2.45, 2.75) is 58.0 Å². The third-order valence-corrected chi connectivity index (χ3v) is 4.83. The van der Waals surface area contributed by atoms with Gasteiger partial charge in [0.1, 0.15) is 0 Å². The van der Waals surface area contributed by atoms with Gasteiger partial charge in [-0.3, -0.25) is 4.79 Å². The maximum absolute atomic E-state index is 12.0. The van der Waals surface area contributed by atoms with Gasteiger partial charge in [0, 0.05) is 19.0 Å². The van der Waals surface area contributed by atoms with Gasteiger partial charge in [-0.2, -0.15) is 0 Å². The van der Waals surface area contributed by atoms with E-state index >= 15 is 0 Å². The number of β-amino-alcohol motifs (C(OH)–C–C–N with tert-alkyl or cyclic N) is 1. The van der Waals surface area contributed by atoms with Crippen LogP contribution < -0.4 is 5.32 Å². The number of rotatable bonds is 5. The Hall–Kier alpha value is -0.610. The molecular weight excluding hydrogens is 252 g/mol. The lowest BCUT2D eigenvalue weighted by Crippen LogP contribution is -2.44. The highest BCUT2D eigenvalue weighted by Gasteiger charge is 2.22. The number of carbonyl (C=O) groups excluding carboxylic acids is 1. The number of nitrogens with one attached hydrogen (secondary N) is 1. The lowest BCUT2D eigenvalue weighted by molar-refractivity contribution is -0.126. The number of amides is 1. The molecule has 1 saturated carbocycles. The predicted molar refractivity (Wildman–Crippen MR) is 80.4 cm³/mol. The normalized spacial score (nSPS) is 24.5. The fourth-order valence-corrected chi connectivity index (χ4v) is 3.33. The molecule has 4 nitrogen and oxygen atoms in total. The molecule has 20 heavy (non-hydrogen) atoms. The van der Waals surface area contributed by atoms with E-state index in [0.717, 1.165) is 31.8 Å². The summed E-state index contributed by atoms with van der Waals surface area (Å²) >= 11 is 0. The smallest absolute Gasteiger partial charge is 0.223 e. The highest BCUT2D eigenvalue weighted by molar-refractivity contribution is 5.78. The minimum atomic E-state index is -0.434. The monoisotopic (exact) mass is 282 g/mol. The van der Waals surface area contributed by atoms with Gasteiger partial charge in [-0.25, -0.2) is 0 Å². The molecule has 0 aromatic heterocycles. The topological polar surface area (TPSA) is 52.6 Å². The molecule has 0 radical (unpaired) electrons. The quantitative estimate of drug-likeness (QED) is 0.808. The van der Waals surface area contributed by atoms with E-state index in [9.17, 15) is 9.90 Å². The first-order chi connectivity index (χ1) is 9.65. The van der Waals surface area contributed by atoms with Gasteiger partial charge in [0.25, 0.3) is 0 Å². The number of aliphatic hydroxyl groups is 1. The van der Waals surface area contributed by atoms with Gasteiger partial charge in [0.05, 0.1) is 6.10 Å². The van der Waals surface area contributed by atoms with E-state index < -0.39 is 6.10 Å². The molecule has 0 aromatic rings. The molecule has 1 saturated heterocycles. The summed E-state index contributed by atoms with van der Waals surface area (Å²) in [5.74, 6) is 1.15. The average molecular weight is 282 g/mol. The molecule has 2 N–H and O–H groups in total. The maximum atomic E-state index is 12.0. The second-order valence-corrected chi connectivity index (χ2v) is 6.72. The Kier molecular flexibility index (Phi) is 6.30. The van der Waals surface area contributed by atoms with Crippen LogP contribution in [-0.2, 0) is 4.79 Å². The van der Waals surface area contributed by atoms with Crippen molar-refractivity contribution >= 4 is 5.91 Å². The summed E-state index contributed by atoms with van der Waals surface area (Å²) in [6.07, 6.45) is 7.66. The zero-order valence-electron chi connectivity index (χ0n) is 12.8. The first kappa shape index (κ1) is 15.8. The standard InChI is InChI=1S/C16H30N2O2/c1-13-7-9-18(10-8-13)12-15(19)11-17-16(20)14-5-3-2-4-6-14/h13-15,19H,2-12H2,1H3,(H,17,20). The summed E-state index contributed by atoms with van der Waals surface area (Å²) in [6.45, 7) is 5.54. The number of likely N-dealkylation sites (tertiary alicyclic amines) is 1. The van der Waals surface area contributed by atoms with Gasteiger partial charge in [0.15, 0.2) is 0 Å². The largest absolute Gasteiger partial charge is 0.390 e. The molecule has 116 valence electrons. The molecule has 1 amide bonds. The molecule has 1 unspecified atom stereocenters. The van der Waals surface area contributed by atoms with Crippen molar-refractivity contribution < 1.29 is 9.90 Å². The summed E-state index contributed by atoms with van der Waals surface area (Å²) in [4.78, 5) is 14.3. The van der Waals surface area contributed by atoms with Gasteiger partial charge < -0.3 is 15.3 Å². The van der Waals surface area contributed by atoms with Crippen molar-refractivity contribution in [1.82, 2.24) is 10.2 Å². The fraction of sp³-hybridized carbons (Fsp3) is 0.938. The summed E-state index contributed by atoms with van der Waals surface area (Å²) < 4.78 is 0. The molecule has 1 heterocycles. The van der Waals surface area contributed by atoms with Crippen LogP contribution in [0.3, 0.4) is 0 Å². The molecule has 1 atom stereocenters. The van der Waals surface area contributed by atoms with Gasteiger partial charge >= 0.3 is 0 Å². The zero-order valence-corrected chi connectivity index (χ0v) is 12.8. The minimum Gasteiger partial charge on any atom is -0.390 e. The predicted octanol–water partition coefficient (Wildman–Crippen LogP) is 1.78. The zero-order chi connectivity index (χ0) is 14.4. The van der Waals surface area contributed by atoms with E-state index in [-0.39, 0.29) is 11.8 Å². The van der Waals surface area contributed by atoms with E-state index in [1.54, 1.807) is 0 Å². The van der Waals surface area contributed by atoms with Crippen LogP contribution in [0.15, 0.2) is 0 Å². The molecule has 0 bridgehead atoms. The Morgan fingerprint density at radius 3 is 2.50 bits per heavy atom. The highest BCUT2D eigenvalue weighted by atomic mass is 16.3. The third-order valence-electron chi connectivity index (χ3n) is 4.83. The number of piperidine rings is 1. The Morgan fingerprint density at radius 1 is 1.20 bits per heavy atom. The van der Waals surface area contributed by atoms with Crippen LogP contribution in [0.1, 0.15) is 51.9 Å². The van der Waals surface area contributed by atoms with Crippen molar-refractivity contribution in [3.05, 3.63) is 0 Å². The van der Waals surface area contributed by atoms with Crippen LogP contribution in [0.2, 0.25) is 0 Å². The highest BCUT2D eigenvalue weighted by Crippen LogP contribution is 2.23. The van der Waals surface area contributed by atoms with Crippen LogP contribution >= 0.6 is 0 Å². The minimum absolute atomic E-state index is 0.149. The number of hydrogen-bond donors (Lipinski definition) is 2. The van der Waals surface area contributed by atoms with Gasteiger partial charge in [-0.15, -0.1) is 0 Å². The molecule has 1 aliphatic carbocycles. The molecule has 4 heteroatoms. The number of nitrogens with zero attached hydrogens (tertiary/aromatic N) is 1. The molecule has 0 spiro atoms. The number of aliphatic hydroxyl groups excluding tert-OH is 1. The van der Waals surface area contributed by atoms with E-state index in [0.29, 0.717) is 13.1 Å². The van der Waals surface area contributed by atoms with Crippen LogP contribution in [0.25, 0.3) is 0 Å². The van der Waals surface area contributed by atoms with E-state index in [2.05, 4.69) is 17.1 Å². The first-order valence-corrected chi connectivity index (χ1v) is 8.33. The Morgan fingerprint density at radius 2 is 1.85 bits per heavy atom. The Labute approximate surface area is 122 Å². The average Bonchev–Trinajstić information content (AvgIpc) is 2.48. The second kappa shape index (κ2) is 7.99. The molecule has 2 rings (SSSR count). The van der Waals surface area contributed by atoms with E-state index in [1.807, 2.05) is 0 Å². The van der Waals surface area contributed by atoms with Crippen molar-refractivity contribution in [3.63, 3.8) is 0 Å². The van der Waals surface area contributed by atoms with E-state index in [4.69, 9.17) is 0 Å². The van der Waals surface area contributed by atoms with Crippen molar-refractivity contribution in [2.24, 2.45) is 11.8 Å². The number of hydrogen-bond acceptors (Lipinski definition) is 3. The molecule has 2 fully saturated rings. The summed E-state index contributed by atoms with van der Waals surface area (Å²) in [6, 6.07) is 0. The first-order valence-electron chi connectivity index (χ1n) is 8.33. The Balaban J connectivity index is 1.61. The lowest BCUT2D eigenvalue weighted by atomic mass is 9.88. The second-order valence-electron chi connectivity index (χ2n) is 6.72. The van der Waals surface area contributed by atoms with E-state index in [1.165, 1.54) is 32.1 Å². The Bertz CT molecular complexity index is 295. The van der Waals surface area contributed by atoms with Crippen LogP contribution in [0, 0.1) is 11.8 Å². The number of carbonyl (C=O) groups is 1. The summed E-state index contributed by atoms with van der Waals surface area (Å²) in [7, 11) is 0. The van der Waals surface area contributed by atoms with Gasteiger partial charge in [-0.1, -0.05) is 26.2 Å². The van der Waals surface area contributed by atoms with Crippen LogP contribution in [-0.4, -0.2) is 48.2 Å². The third kappa shape index (κ3) is 5.06. The summed E-state index contributed by atoms with van der Waals surface area (Å²) in [5, 5.41) is 13.0. The van der Waals surface area contributed by atoms with Gasteiger partial charge in [0.2, 0.25) is 5.91 Å². The van der Waals surface area contributed by atoms with Crippen molar-refractivity contribution in [3.8, 4) is 0 Å². The van der Waals surface area contributed by atoms with Crippen LogP contribution in [0.4, 0.5) is 0 Å². The van der Waals surface area contributed by atoms with Crippen molar-refractivity contribution in [2.75, 3.05) is 26.2 Å². The summed E-state index contributed by atoms with van der Waals surface area (Å²) in [5.41, 5.74) is 0.